The van der Waals surface area contributed by atoms with Crippen molar-refractivity contribution in [2.45, 2.75) is 6.54 Å². The van der Waals surface area contributed by atoms with Gasteiger partial charge in [-0.3, -0.25) is 14.8 Å². The number of nitrogens with one attached hydrogen (secondary N) is 2. The van der Waals surface area contributed by atoms with E-state index < -0.39 is 0 Å². The molecule has 0 atom stereocenters. The molecule has 0 saturated heterocycles. The van der Waals surface area contributed by atoms with Gasteiger partial charge in [-0.2, -0.15) is 0 Å². The predicted molar refractivity (Wildman–Crippen MR) is 101 cm³/mol. The maximum absolute atomic E-state index is 12.5. The van der Waals surface area contributed by atoms with Crippen LogP contribution in [0.1, 0.15) is 16.2 Å². The van der Waals surface area contributed by atoms with Crippen molar-refractivity contribution in [3.05, 3.63) is 72.3 Å². The number of fused-ring (bicyclic) bond motifs is 1. The highest BCUT2D eigenvalue weighted by Crippen LogP contribution is 2.32. The predicted octanol–water partition coefficient (Wildman–Crippen LogP) is 3.11. The maximum Gasteiger partial charge on any atom is 0.274 e. The average molecular weight is 362 g/mol. The van der Waals surface area contributed by atoms with E-state index in [2.05, 4.69) is 20.6 Å². The number of aromatic nitrogens is 2. The number of amides is 1. The zero-order valence-electron chi connectivity index (χ0n) is 14.5. The second-order valence-electron chi connectivity index (χ2n) is 5.92. The molecule has 0 aliphatic carbocycles. The molecule has 1 amide bonds. The lowest BCUT2D eigenvalue weighted by Crippen LogP contribution is -2.17. The summed E-state index contributed by atoms with van der Waals surface area (Å²) in [6, 6.07) is 14.6. The van der Waals surface area contributed by atoms with E-state index >= 15 is 0 Å². The van der Waals surface area contributed by atoms with Crippen LogP contribution < -0.4 is 20.1 Å². The molecule has 0 unspecified atom stereocenters. The minimum absolute atomic E-state index is 0.298. The van der Waals surface area contributed by atoms with Gasteiger partial charge in [-0.05, 0) is 36.4 Å². The summed E-state index contributed by atoms with van der Waals surface area (Å²) in [7, 11) is 0. The highest BCUT2D eigenvalue weighted by molar-refractivity contribution is 6.03. The van der Waals surface area contributed by atoms with Crippen molar-refractivity contribution in [2.24, 2.45) is 0 Å². The second-order valence-corrected chi connectivity index (χ2v) is 5.92. The molecule has 27 heavy (non-hydrogen) atoms. The van der Waals surface area contributed by atoms with Crippen molar-refractivity contribution in [1.29, 1.82) is 0 Å². The summed E-state index contributed by atoms with van der Waals surface area (Å²) in [5.74, 6) is 1.00. The summed E-state index contributed by atoms with van der Waals surface area (Å²) >= 11 is 0. The Hall–Kier alpha value is -3.61. The molecule has 1 aromatic carbocycles. The smallest absolute Gasteiger partial charge is 0.274 e. The monoisotopic (exact) mass is 362 g/mol. The van der Waals surface area contributed by atoms with E-state index in [1.807, 2.05) is 24.3 Å². The lowest BCUT2D eigenvalue weighted by molar-refractivity contribution is 0.102. The Balaban J connectivity index is 1.43. The van der Waals surface area contributed by atoms with Gasteiger partial charge in [0, 0.05) is 29.8 Å². The lowest BCUT2D eigenvalue weighted by Gasteiger charge is -2.19. The van der Waals surface area contributed by atoms with Gasteiger partial charge in [0.05, 0.1) is 12.2 Å². The van der Waals surface area contributed by atoms with Gasteiger partial charge in [-0.1, -0.05) is 6.07 Å². The van der Waals surface area contributed by atoms with Crippen LogP contribution in [0.3, 0.4) is 0 Å². The first kappa shape index (κ1) is 16.8. The number of anilines is 2. The number of rotatable bonds is 5. The topological polar surface area (TPSA) is 85.4 Å². The van der Waals surface area contributed by atoms with Gasteiger partial charge in [0.2, 0.25) is 0 Å². The molecule has 7 nitrogen and oxygen atoms in total. The van der Waals surface area contributed by atoms with Gasteiger partial charge in [-0.25, -0.2) is 0 Å². The van der Waals surface area contributed by atoms with Gasteiger partial charge >= 0.3 is 0 Å². The first-order chi connectivity index (χ1) is 13.3. The molecule has 7 heteroatoms. The minimum Gasteiger partial charge on any atom is -0.486 e. The van der Waals surface area contributed by atoms with Crippen molar-refractivity contribution in [1.82, 2.24) is 9.97 Å². The van der Waals surface area contributed by atoms with Gasteiger partial charge in [-0.15, -0.1) is 0 Å². The van der Waals surface area contributed by atoms with E-state index in [9.17, 15) is 4.79 Å². The average Bonchev–Trinajstić information content (AvgIpc) is 2.73. The second kappa shape index (κ2) is 7.74. The highest BCUT2D eigenvalue weighted by Gasteiger charge is 2.14. The molecule has 2 N–H and O–H groups in total. The fourth-order valence-electron chi connectivity index (χ4n) is 2.68. The Morgan fingerprint density at radius 1 is 0.926 bits per heavy atom. The Bertz CT molecular complexity index is 947. The molecule has 0 saturated carbocycles. The standard InChI is InChI=1S/C20H18N4O3/c25-20(24-15-4-5-18-19(12-15)27-10-9-26-18)17-11-14(6-8-22-17)23-13-16-3-1-2-7-21-16/h1-8,11-12H,9-10,13H2,(H,22,23)(H,24,25). The van der Waals surface area contributed by atoms with Crippen LogP contribution in [0.25, 0.3) is 0 Å². The summed E-state index contributed by atoms with van der Waals surface area (Å²) < 4.78 is 11.0. The van der Waals surface area contributed by atoms with E-state index in [1.165, 1.54) is 0 Å². The van der Waals surface area contributed by atoms with Crippen molar-refractivity contribution < 1.29 is 14.3 Å². The molecule has 0 fully saturated rings. The van der Waals surface area contributed by atoms with E-state index in [-0.39, 0.29) is 5.91 Å². The van der Waals surface area contributed by atoms with Crippen LogP contribution >= 0.6 is 0 Å². The summed E-state index contributed by atoms with van der Waals surface area (Å²) in [6.07, 6.45) is 3.34. The van der Waals surface area contributed by atoms with Crippen molar-refractivity contribution >= 4 is 17.3 Å². The van der Waals surface area contributed by atoms with Crippen LogP contribution in [0.2, 0.25) is 0 Å². The molecule has 0 spiro atoms. The number of nitrogens with zero attached hydrogens (tertiary/aromatic N) is 2. The van der Waals surface area contributed by atoms with Gasteiger partial charge < -0.3 is 20.1 Å². The normalized spacial score (nSPS) is 12.3. The van der Waals surface area contributed by atoms with Crippen LogP contribution in [0, 0.1) is 0 Å². The Morgan fingerprint density at radius 3 is 2.67 bits per heavy atom. The third-order valence-corrected chi connectivity index (χ3v) is 3.99. The number of pyridine rings is 2. The lowest BCUT2D eigenvalue weighted by atomic mass is 10.2. The molecule has 3 heterocycles. The van der Waals surface area contributed by atoms with Crippen LogP contribution in [0.4, 0.5) is 11.4 Å². The molecular formula is C20H18N4O3. The maximum atomic E-state index is 12.5. The van der Waals surface area contributed by atoms with Gasteiger partial charge in [0.15, 0.2) is 11.5 Å². The SMILES string of the molecule is O=C(Nc1ccc2c(c1)OCCO2)c1cc(NCc2ccccn2)ccn1. The summed E-state index contributed by atoms with van der Waals surface area (Å²) in [6.45, 7) is 1.59. The number of carbonyl (C=O) groups excluding carboxylic acids is 1. The molecule has 136 valence electrons. The molecule has 0 bridgehead atoms. The van der Waals surface area contributed by atoms with E-state index in [4.69, 9.17) is 9.47 Å². The first-order valence-corrected chi connectivity index (χ1v) is 8.59. The van der Waals surface area contributed by atoms with Crippen molar-refractivity contribution in [2.75, 3.05) is 23.8 Å². The third-order valence-electron chi connectivity index (χ3n) is 3.99. The Morgan fingerprint density at radius 2 is 1.81 bits per heavy atom. The van der Waals surface area contributed by atoms with Gasteiger partial charge in [0.1, 0.15) is 18.9 Å². The highest BCUT2D eigenvalue weighted by atomic mass is 16.6. The summed E-state index contributed by atoms with van der Waals surface area (Å²) in [5.41, 5.74) is 2.65. The van der Waals surface area contributed by atoms with E-state index in [0.717, 1.165) is 11.4 Å². The number of carbonyl (C=O) groups is 1. The summed E-state index contributed by atoms with van der Waals surface area (Å²) in [5, 5.41) is 6.07. The summed E-state index contributed by atoms with van der Waals surface area (Å²) in [4.78, 5) is 20.9. The van der Waals surface area contributed by atoms with Crippen molar-refractivity contribution in [3.8, 4) is 11.5 Å². The van der Waals surface area contributed by atoms with Crippen LogP contribution in [0.5, 0.6) is 11.5 Å². The molecular weight excluding hydrogens is 344 g/mol. The fraction of sp³-hybridized carbons (Fsp3) is 0.150. The number of ether oxygens (including phenoxy) is 2. The number of hydrogen-bond donors (Lipinski definition) is 2. The zero-order valence-corrected chi connectivity index (χ0v) is 14.5. The molecule has 1 aliphatic heterocycles. The Labute approximate surface area is 156 Å². The molecule has 2 aromatic heterocycles. The van der Waals surface area contributed by atoms with E-state index in [0.29, 0.717) is 42.6 Å². The molecule has 0 radical (unpaired) electrons. The third kappa shape index (κ3) is 4.14. The van der Waals surface area contributed by atoms with Crippen LogP contribution in [0.15, 0.2) is 60.9 Å². The molecule has 4 rings (SSSR count). The minimum atomic E-state index is -0.298. The first-order valence-electron chi connectivity index (χ1n) is 8.59. The molecule has 3 aromatic rings. The largest absolute Gasteiger partial charge is 0.486 e. The Kier molecular flexibility index (Phi) is 4.82. The van der Waals surface area contributed by atoms with Crippen LogP contribution in [-0.2, 0) is 6.54 Å². The zero-order chi connectivity index (χ0) is 18.5. The van der Waals surface area contributed by atoms with Gasteiger partial charge in [0.25, 0.3) is 5.91 Å². The number of benzene rings is 1. The van der Waals surface area contributed by atoms with Crippen LogP contribution in [-0.4, -0.2) is 29.1 Å². The van der Waals surface area contributed by atoms with E-state index in [1.54, 1.807) is 36.7 Å². The quantitative estimate of drug-likeness (QED) is 0.725. The van der Waals surface area contributed by atoms with Crippen molar-refractivity contribution in [3.63, 3.8) is 0 Å². The fourth-order valence-corrected chi connectivity index (χ4v) is 2.68. The molecule has 1 aliphatic rings. The number of hydrogen-bond acceptors (Lipinski definition) is 6.